The van der Waals surface area contributed by atoms with E-state index in [4.69, 9.17) is 16.3 Å². The molecule has 1 unspecified atom stereocenters. The summed E-state index contributed by atoms with van der Waals surface area (Å²) in [7, 11) is 1.99. The highest BCUT2D eigenvalue weighted by molar-refractivity contribution is 6.32. The second-order valence-corrected chi connectivity index (χ2v) is 4.21. The lowest BCUT2D eigenvalue weighted by atomic mass is 10.1. The van der Waals surface area contributed by atoms with Crippen molar-refractivity contribution in [3.8, 4) is 0 Å². The largest absolute Gasteiger partial charge is 0.381 e. The van der Waals surface area contributed by atoms with Gasteiger partial charge in [0.1, 0.15) is 11.3 Å². The molecule has 1 aromatic rings. The Balaban J connectivity index is 2.00. The van der Waals surface area contributed by atoms with E-state index in [1.54, 1.807) is 6.20 Å². The summed E-state index contributed by atoms with van der Waals surface area (Å²) in [6.07, 6.45) is 4.25. The summed E-state index contributed by atoms with van der Waals surface area (Å²) >= 11 is 6.01. The molecule has 2 rings (SSSR count). The van der Waals surface area contributed by atoms with Crippen molar-refractivity contribution < 1.29 is 4.74 Å². The molecule has 0 amide bonds. The van der Waals surface area contributed by atoms with Crippen LogP contribution in [0.25, 0.3) is 0 Å². The molecule has 4 nitrogen and oxygen atoms in total. The highest BCUT2D eigenvalue weighted by Gasteiger charge is 2.19. The molecule has 2 heterocycles. The van der Waals surface area contributed by atoms with Crippen LogP contribution in [0.2, 0.25) is 5.02 Å². The predicted molar refractivity (Wildman–Crippen MR) is 59.2 cm³/mol. The Kier molecular flexibility index (Phi) is 3.38. The molecule has 0 N–H and O–H groups in total. The van der Waals surface area contributed by atoms with Gasteiger partial charge in [-0.3, -0.25) is 0 Å². The van der Waals surface area contributed by atoms with Crippen LogP contribution in [-0.2, 0) is 4.74 Å². The fourth-order valence-corrected chi connectivity index (χ4v) is 2.04. The van der Waals surface area contributed by atoms with Crippen molar-refractivity contribution in [3.63, 3.8) is 0 Å². The molecular formula is C10H14ClN3O. The van der Waals surface area contributed by atoms with Crippen LogP contribution in [0.4, 0.5) is 5.82 Å². The number of anilines is 1. The number of nitrogens with zero attached hydrogens (tertiary/aromatic N) is 3. The number of hydrogen-bond acceptors (Lipinski definition) is 4. The first kappa shape index (κ1) is 10.6. The summed E-state index contributed by atoms with van der Waals surface area (Å²) < 4.78 is 5.33. The zero-order chi connectivity index (χ0) is 10.7. The maximum absolute atomic E-state index is 6.01. The van der Waals surface area contributed by atoms with Gasteiger partial charge in [0.15, 0.2) is 5.82 Å². The molecule has 1 aromatic heterocycles. The summed E-state index contributed by atoms with van der Waals surface area (Å²) in [6, 6.07) is 0. The van der Waals surface area contributed by atoms with Gasteiger partial charge in [0.25, 0.3) is 0 Å². The van der Waals surface area contributed by atoms with Crippen LogP contribution in [0.3, 0.4) is 0 Å². The van der Waals surface area contributed by atoms with Crippen LogP contribution in [0, 0.1) is 5.92 Å². The van der Waals surface area contributed by atoms with Gasteiger partial charge >= 0.3 is 0 Å². The van der Waals surface area contributed by atoms with Gasteiger partial charge < -0.3 is 9.64 Å². The summed E-state index contributed by atoms with van der Waals surface area (Å²) in [6.45, 7) is 2.64. The van der Waals surface area contributed by atoms with Crippen molar-refractivity contribution in [2.75, 3.05) is 31.7 Å². The average molecular weight is 228 g/mol. The smallest absolute Gasteiger partial charge is 0.150 e. The Bertz CT molecular complexity index is 328. The van der Waals surface area contributed by atoms with Crippen molar-refractivity contribution >= 4 is 17.4 Å². The number of ether oxygens (including phenoxy) is 1. The maximum Gasteiger partial charge on any atom is 0.150 e. The van der Waals surface area contributed by atoms with E-state index in [9.17, 15) is 0 Å². The van der Waals surface area contributed by atoms with Crippen LogP contribution in [0.5, 0.6) is 0 Å². The zero-order valence-corrected chi connectivity index (χ0v) is 9.44. The van der Waals surface area contributed by atoms with Crippen LogP contribution >= 0.6 is 11.6 Å². The topological polar surface area (TPSA) is 38.2 Å². The molecule has 0 radical (unpaired) electrons. The summed E-state index contributed by atoms with van der Waals surface area (Å²) in [5.74, 6) is 1.37. The lowest BCUT2D eigenvalue weighted by molar-refractivity contribution is 0.186. The summed E-state index contributed by atoms with van der Waals surface area (Å²) in [4.78, 5) is 10.1. The van der Waals surface area contributed by atoms with Crippen molar-refractivity contribution in [1.82, 2.24) is 9.97 Å². The third-order valence-corrected chi connectivity index (χ3v) is 2.83. The molecule has 0 aromatic carbocycles. The van der Waals surface area contributed by atoms with Gasteiger partial charge in [-0.05, 0) is 6.42 Å². The number of halogens is 1. The van der Waals surface area contributed by atoms with Gasteiger partial charge in [-0.2, -0.15) is 0 Å². The van der Waals surface area contributed by atoms with E-state index in [-0.39, 0.29) is 0 Å². The van der Waals surface area contributed by atoms with Gasteiger partial charge in [-0.15, -0.1) is 0 Å². The Morgan fingerprint density at radius 2 is 2.53 bits per heavy atom. The van der Waals surface area contributed by atoms with Crippen molar-refractivity contribution in [2.24, 2.45) is 5.92 Å². The number of hydrogen-bond donors (Lipinski definition) is 0. The Labute approximate surface area is 94.2 Å². The fourth-order valence-electron chi connectivity index (χ4n) is 1.79. The van der Waals surface area contributed by atoms with Gasteiger partial charge in [0.2, 0.25) is 0 Å². The second-order valence-electron chi connectivity index (χ2n) is 3.80. The van der Waals surface area contributed by atoms with Gasteiger partial charge in [-0.25, -0.2) is 9.97 Å². The maximum atomic E-state index is 6.01. The van der Waals surface area contributed by atoms with E-state index in [0.29, 0.717) is 10.9 Å². The molecule has 5 heteroatoms. The average Bonchev–Trinajstić information content (AvgIpc) is 2.71. The Morgan fingerprint density at radius 1 is 1.67 bits per heavy atom. The molecular weight excluding hydrogens is 214 g/mol. The van der Waals surface area contributed by atoms with Crippen molar-refractivity contribution in [2.45, 2.75) is 6.42 Å². The first-order valence-electron chi connectivity index (χ1n) is 5.02. The molecule has 15 heavy (non-hydrogen) atoms. The van der Waals surface area contributed by atoms with Crippen LogP contribution in [0.15, 0.2) is 12.5 Å². The first-order valence-corrected chi connectivity index (χ1v) is 5.39. The minimum Gasteiger partial charge on any atom is -0.381 e. The third kappa shape index (κ3) is 2.58. The summed E-state index contributed by atoms with van der Waals surface area (Å²) in [5.41, 5.74) is 0. The molecule has 1 atom stereocenters. The molecule has 0 saturated carbocycles. The Hall–Kier alpha value is -0.870. The monoisotopic (exact) mass is 227 g/mol. The molecule has 1 fully saturated rings. The number of rotatable bonds is 3. The minimum atomic E-state index is 0.584. The van der Waals surface area contributed by atoms with Crippen molar-refractivity contribution in [1.29, 1.82) is 0 Å². The van der Waals surface area contributed by atoms with E-state index in [2.05, 4.69) is 14.9 Å². The van der Waals surface area contributed by atoms with E-state index in [1.807, 2.05) is 7.05 Å². The first-order chi connectivity index (χ1) is 7.27. The van der Waals surface area contributed by atoms with Crippen LogP contribution < -0.4 is 4.90 Å². The molecule has 82 valence electrons. The lowest BCUT2D eigenvalue weighted by Gasteiger charge is -2.21. The van der Waals surface area contributed by atoms with E-state index in [1.165, 1.54) is 6.33 Å². The van der Waals surface area contributed by atoms with Gasteiger partial charge in [0, 0.05) is 26.1 Å². The normalized spacial score (nSPS) is 20.5. The van der Waals surface area contributed by atoms with E-state index in [0.717, 1.165) is 32.0 Å². The van der Waals surface area contributed by atoms with E-state index >= 15 is 0 Å². The lowest BCUT2D eigenvalue weighted by Crippen LogP contribution is -2.26. The molecule has 1 aliphatic rings. The number of aromatic nitrogens is 2. The van der Waals surface area contributed by atoms with Gasteiger partial charge in [-0.1, -0.05) is 11.6 Å². The van der Waals surface area contributed by atoms with Crippen molar-refractivity contribution in [3.05, 3.63) is 17.5 Å². The third-order valence-electron chi connectivity index (χ3n) is 2.57. The standard InChI is InChI=1S/C10H14ClN3O/c1-14(5-8-2-3-15-6-8)10-9(11)4-12-7-13-10/h4,7-8H,2-3,5-6H2,1H3. The van der Waals surface area contributed by atoms with Gasteiger partial charge in [0.05, 0.1) is 12.8 Å². The minimum absolute atomic E-state index is 0.584. The SMILES string of the molecule is CN(CC1CCOC1)c1ncncc1Cl. The highest BCUT2D eigenvalue weighted by atomic mass is 35.5. The second kappa shape index (κ2) is 4.77. The predicted octanol–water partition coefficient (Wildman–Crippen LogP) is 1.60. The highest BCUT2D eigenvalue weighted by Crippen LogP contribution is 2.22. The zero-order valence-electron chi connectivity index (χ0n) is 8.69. The molecule has 0 aliphatic carbocycles. The van der Waals surface area contributed by atoms with Crippen LogP contribution in [0.1, 0.15) is 6.42 Å². The molecule has 1 aliphatic heterocycles. The molecule has 0 spiro atoms. The molecule has 0 bridgehead atoms. The molecule has 1 saturated heterocycles. The Morgan fingerprint density at radius 3 is 3.20 bits per heavy atom. The quantitative estimate of drug-likeness (QED) is 0.786. The van der Waals surface area contributed by atoms with Crippen LogP contribution in [-0.4, -0.2) is 36.8 Å². The summed E-state index contributed by atoms with van der Waals surface area (Å²) in [5, 5.41) is 0.596. The fraction of sp³-hybridized carbons (Fsp3) is 0.600. The van der Waals surface area contributed by atoms with E-state index < -0.39 is 0 Å².